The molecule has 1 saturated heterocycles. The third kappa shape index (κ3) is 6.02. The summed E-state index contributed by atoms with van der Waals surface area (Å²) in [5.41, 5.74) is 15.5. The van der Waals surface area contributed by atoms with Crippen LogP contribution in [0.2, 0.25) is 13.1 Å². The number of nitrogens with zero attached hydrogens (tertiary/aromatic N) is 1. The highest BCUT2D eigenvalue weighted by Crippen LogP contribution is 2.53. The highest BCUT2D eigenvalue weighted by Gasteiger charge is 2.38. The molecular weight excluding hydrogens is 763 g/mol. The molecule has 0 unspecified atom stereocenters. The van der Waals surface area contributed by atoms with E-state index in [4.69, 9.17) is 9.47 Å². The van der Waals surface area contributed by atoms with Gasteiger partial charge in [-0.15, -0.1) is 22.7 Å². The van der Waals surface area contributed by atoms with E-state index in [1.54, 1.807) is 0 Å². The standard InChI is InChI=1S/C52H51NO2S2Si/c1-50(2)31-54-49(55-32-50)46-26-28-48(57-46)58(7,8)47-27-25-45(56-47)33-17-19-34(20-18-33)53(35-21-23-39-37-13-9-11-15-41(37)51(3,4)43(39)29-35)36-22-24-40-38-14-10-12-16-42(38)52(5,6)44(40)30-36/h9-30,49H,31-32H2,1-8H3. The first kappa shape index (κ1) is 37.7. The van der Waals surface area contributed by atoms with Gasteiger partial charge in [0.1, 0.15) is 8.07 Å². The Morgan fingerprint density at radius 2 is 1.00 bits per heavy atom. The number of rotatable bonds is 7. The van der Waals surface area contributed by atoms with E-state index in [1.807, 2.05) is 22.7 Å². The van der Waals surface area contributed by atoms with E-state index in [-0.39, 0.29) is 22.5 Å². The lowest BCUT2D eigenvalue weighted by Gasteiger charge is -2.34. The van der Waals surface area contributed by atoms with Gasteiger partial charge < -0.3 is 14.4 Å². The average Bonchev–Trinajstić information content (AvgIpc) is 4.01. The zero-order chi connectivity index (χ0) is 40.2. The largest absolute Gasteiger partial charge is 0.347 e. The van der Waals surface area contributed by atoms with Crippen LogP contribution in [0.25, 0.3) is 32.7 Å². The van der Waals surface area contributed by atoms with Crippen molar-refractivity contribution in [3.8, 4) is 32.7 Å². The highest BCUT2D eigenvalue weighted by atomic mass is 32.1. The number of anilines is 3. The summed E-state index contributed by atoms with van der Waals surface area (Å²) < 4.78 is 15.2. The van der Waals surface area contributed by atoms with Crippen LogP contribution < -0.4 is 13.9 Å². The molecule has 5 aromatic carbocycles. The van der Waals surface area contributed by atoms with Crippen LogP contribution in [0, 0.1) is 5.41 Å². The summed E-state index contributed by atoms with van der Waals surface area (Å²) in [5.74, 6) is 0. The zero-order valence-electron chi connectivity index (χ0n) is 34.8. The molecular formula is C52H51NO2S2Si. The maximum absolute atomic E-state index is 6.14. The summed E-state index contributed by atoms with van der Waals surface area (Å²) in [6.07, 6.45) is -0.257. The SMILES string of the molecule is CC1(C)COC(c2ccc([Si](C)(C)c3ccc(-c4ccc(N(c5ccc6c(c5)C(C)(C)c5ccccc5-6)c5ccc6c(c5)C(C)(C)c5ccccc5-6)cc4)s3)s2)OC1. The minimum absolute atomic E-state index is 0.0620. The first-order chi connectivity index (χ1) is 27.7. The fourth-order valence-electron chi connectivity index (χ4n) is 9.51. The minimum Gasteiger partial charge on any atom is -0.347 e. The number of thiophene rings is 2. The number of ether oxygens (including phenoxy) is 2. The lowest BCUT2D eigenvalue weighted by atomic mass is 9.82. The van der Waals surface area contributed by atoms with Crippen molar-refractivity contribution < 1.29 is 9.47 Å². The van der Waals surface area contributed by atoms with E-state index in [9.17, 15) is 0 Å². The van der Waals surface area contributed by atoms with Gasteiger partial charge in [-0.2, -0.15) is 0 Å². The van der Waals surface area contributed by atoms with Crippen molar-refractivity contribution in [1.82, 2.24) is 0 Å². The Labute approximate surface area is 353 Å². The van der Waals surface area contributed by atoms with Gasteiger partial charge in [0, 0.05) is 38.2 Å². The molecule has 3 heterocycles. The zero-order valence-corrected chi connectivity index (χ0v) is 37.4. The maximum Gasteiger partial charge on any atom is 0.193 e. The smallest absolute Gasteiger partial charge is 0.193 e. The lowest BCUT2D eigenvalue weighted by molar-refractivity contribution is -0.224. The summed E-state index contributed by atoms with van der Waals surface area (Å²) in [6, 6.07) is 50.5. The Morgan fingerprint density at radius 3 is 1.57 bits per heavy atom. The molecule has 0 N–H and O–H groups in total. The van der Waals surface area contributed by atoms with Crippen LogP contribution >= 0.6 is 22.7 Å². The predicted molar refractivity (Wildman–Crippen MR) is 249 cm³/mol. The third-order valence-electron chi connectivity index (χ3n) is 13.0. The molecule has 3 aliphatic rings. The Bertz CT molecular complexity index is 2600. The van der Waals surface area contributed by atoms with Gasteiger partial charge in [-0.05, 0) is 108 Å². The molecule has 1 fully saturated rings. The topological polar surface area (TPSA) is 21.7 Å². The molecule has 292 valence electrons. The second-order valence-corrected chi connectivity index (χ2v) is 26.0. The Kier molecular flexibility index (Phi) is 8.76. The molecule has 1 aliphatic heterocycles. The second-order valence-electron chi connectivity index (χ2n) is 18.8. The van der Waals surface area contributed by atoms with Crippen molar-refractivity contribution in [3.63, 3.8) is 0 Å². The van der Waals surface area contributed by atoms with Crippen LogP contribution in [0.4, 0.5) is 17.1 Å². The van der Waals surface area contributed by atoms with Crippen LogP contribution in [0.15, 0.2) is 133 Å². The molecule has 2 aromatic heterocycles. The summed E-state index contributed by atoms with van der Waals surface area (Å²) >= 11 is 3.81. The molecule has 0 spiro atoms. The van der Waals surface area contributed by atoms with E-state index < -0.39 is 8.07 Å². The van der Waals surface area contributed by atoms with Gasteiger partial charge in [-0.25, -0.2) is 0 Å². The molecule has 0 saturated carbocycles. The van der Waals surface area contributed by atoms with Crippen molar-refractivity contribution in [2.75, 3.05) is 18.1 Å². The van der Waals surface area contributed by atoms with E-state index in [1.165, 1.54) is 80.2 Å². The molecule has 0 amide bonds. The lowest BCUT2D eigenvalue weighted by Crippen LogP contribution is -2.50. The van der Waals surface area contributed by atoms with Gasteiger partial charge in [0.2, 0.25) is 0 Å². The van der Waals surface area contributed by atoms with E-state index in [0.717, 1.165) is 18.9 Å². The summed E-state index contributed by atoms with van der Waals surface area (Å²) in [7, 11) is -1.93. The van der Waals surface area contributed by atoms with Crippen molar-refractivity contribution in [2.45, 2.75) is 71.8 Å². The molecule has 58 heavy (non-hydrogen) atoms. The highest BCUT2D eigenvalue weighted by molar-refractivity contribution is 7.37. The van der Waals surface area contributed by atoms with Crippen molar-refractivity contribution in [2.24, 2.45) is 5.41 Å². The van der Waals surface area contributed by atoms with Gasteiger partial charge in [-0.1, -0.05) is 140 Å². The van der Waals surface area contributed by atoms with Gasteiger partial charge in [0.05, 0.1) is 18.1 Å². The van der Waals surface area contributed by atoms with Gasteiger partial charge in [0.15, 0.2) is 6.29 Å². The normalized spacial score (nSPS) is 17.4. The average molecular weight is 814 g/mol. The quantitative estimate of drug-likeness (QED) is 0.150. The number of hydrogen-bond acceptors (Lipinski definition) is 5. The van der Waals surface area contributed by atoms with Crippen LogP contribution in [0.1, 0.15) is 75.0 Å². The predicted octanol–water partition coefficient (Wildman–Crippen LogP) is 13.5. The summed E-state index contributed by atoms with van der Waals surface area (Å²) in [6.45, 7) is 20.2. The fraction of sp³-hybridized carbons (Fsp3) is 0.269. The molecule has 0 atom stereocenters. The van der Waals surface area contributed by atoms with Crippen LogP contribution in [-0.4, -0.2) is 21.3 Å². The van der Waals surface area contributed by atoms with E-state index in [2.05, 4.69) is 193 Å². The first-order valence-corrected chi connectivity index (χ1v) is 25.2. The fourth-order valence-corrected chi connectivity index (χ4v) is 15.8. The molecule has 3 nitrogen and oxygen atoms in total. The van der Waals surface area contributed by atoms with Crippen molar-refractivity contribution in [1.29, 1.82) is 0 Å². The van der Waals surface area contributed by atoms with E-state index >= 15 is 0 Å². The van der Waals surface area contributed by atoms with Crippen LogP contribution in [-0.2, 0) is 20.3 Å². The van der Waals surface area contributed by atoms with Crippen molar-refractivity contribution >= 4 is 56.8 Å². The van der Waals surface area contributed by atoms with Gasteiger partial charge in [-0.3, -0.25) is 0 Å². The monoisotopic (exact) mass is 813 g/mol. The minimum atomic E-state index is -1.93. The molecule has 7 aromatic rings. The number of benzene rings is 5. The van der Waals surface area contributed by atoms with Gasteiger partial charge >= 0.3 is 0 Å². The summed E-state index contributed by atoms with van der Waals surface area (Å²) in [4.78, 5) is 4.95. The summed E-state index contributed by atoms with van der Waals surface area (Å²) in [5, 5.41) is 0. The Balaban J connectivity index is 0.997. The molecule has 10 rings (SSSR count). The van der Waals surface area contributed by atoms with Crippen LogP contribution in [0.5, 0.6) is 0 Å². The van der Waals surface area contributed by atoms with Crippen LogP contribution in [0.3, 0.4) is 0 Å². The third-order valence-corrected chi connectivity index (χ3v) is 21.3. The molecule has 0 bridgehead atoms. The molecule has 0 radical (unpaired) electrons. The molecule has 2 aliphatic carbocycles. The van der Waals surface area contributed by atoms with Gasteiger partial charge in [0.25, 0.3) is 0 Å². The van der Waals surface area contributed by atoms with E-state index in [0.29, 0.717) is 0 Å². The first-order valence-electron chi connectivity index (χ1n) is 20.6. The number of fused-ring (bicyclic) bond motifs is 6. The molecule has 6 heteroatoms. The van der Waals surface area contributed by atoms with Crippen molar-refractivity contribution in [3.05, 3.63) is 161 Å². The second kappa shape index (κ2) is 13.5. The number of hydrogen-bond donors (Lipinski definition) is 0. The Morgan fingerprint density at radius 1 is 0.517 bits per heavy atom. The maximum atomic E-state index is 6.14. The Hall–Kier alpha value is -4.56.